The summed E-state index contributed by atoms with van der Waals surface area (Å²) in [5.41, 5.74) is 2.25. The Morgan fingerprint density at radius 1 is 1.11 bits per heavy atom. The van der Waals surface area contributed by atoms with Crippen LogP contribution in [0.4, 0.5) is 0 Å². The van der Waals surface area contributed by atoms with Crippen molar-refractivity contribution < 1.29 is 5.11 Å². The molecule has 1 atom stereocenters. The molecule has 94 valence electrons. The van der Waals surface area contributed by atoms with Gasteiger partial charge in [-0.2, -0.15) is 0 Å². The molecule has 1 unspecified atom stereocenters. The molecule has 0 saturated heterocycles. The van der Waals surface area contributed by atoms with Gasteiger partial charge in [-0.05, 0) is 41.7 Å². The highest BCUT2D eigenvalue weighted by molar-refractivity contribution is 9.09. The average molecular weight is 326 g/mol. The second-order valence-corrected chi connectivity index (χ2v) is 5.30. The lowest BCUT2D eigenvalue weighted by atomic mass is 9.93. The zero-order valence-electron chi connectivity index (χ0n) is 9.81. The third-order valence-corrected chi connectivity index (χ3v) is 4.05. The summed E-state index contributed by atoms with van der Waals surface area (Å²) in [7, 11) is 0. The molecular formula is C15H14BrClO. The minimum atomic E-state index is 0.306. The quantitative estimate of drug-likeness (QED) is 0.803. The topological polar surface area (TPSA) is 20.2 Å². The van der Waals surface area contributed by atoms with Crippen LogP contribution in [0.15, 0.2) is 48.5 Å². The summed E-state index contributed by atoms with van der Waals surface area (Å²) >= 11 is 9.77. The first kappa shape index (κ1) is 13.4. The highest BCUT2D eigenvalue weighted by Crippen LogP contribution is 2.29. The predicted molar refractivity (Wildman–Crippen MR) is 79.8 cm³/mol. The number of hydrogen-bond acceptors (Lipinski definition) is 1. The summed E-state index contributed by atoms with van der Waals surface area (Å²) in [4.78, 5) is 0. The Morgan fingerprint density at radius 3 is 2.56 bits per heavy atom. The number of aromatic hydroxyl groups is 1. The molecule has 0 bridgehead atoms. The smallest absolute Gasteiger partial charge is 0.115 e. The van der Waals surface area contributed by atoms with Crippen LogP contribution in [0.5, 0.6) is 5.75 Å². The van der Waals surface area contributed by atoms with Gasteiger partial charge in [0.15, 0.2) is 0 Å². The first-order valence-corrected chi connectivity index (χ1v) is 7.29. The monoisotopic (exact) mass is 324 g/mol. The van der Waals surface area contributed by atoms with Crippen LogP contribution in [0.25, 0.3) is 0 Å². The molecule has 0 radical (unpaired) electrons. The molecule has 2 aromatic carbocycles. The standard InChI is InChI=1S/C15H14BrClO/c16-10-12(14-6-1-2-7-15(14)17)8-11-4-3-5-13(18)9-11/h1-7,9,12,18H,8,10H2. The van der Waals surface area contributed by atoms with Crippen molar-refractivity contribution in [3.63, 3.8) is 0 Å². The van der Waals surface area contributed by atoms with Crippen molar-refractivity contribution >= 4 is 27.5 Å². The highest BCUT2D eigenvalue weighted by Gasteiger charge is 2.14. The third kappa shape index (κ3) is 3.27. The molecule has 2 rings (SSSR count). The fraction of sp³-hybridized carbons (Fsp3) is 0.200. The number of rotatable bonds is 4. The highest BCUT2D eigenvalue weighted by atomic mass is 79.9. The first-order chi connectivity index (χ1) is 8.70. The predicted octanol–water partition coefficient (Wildman–Crippen LogP) is 4.77. The van der Waals surface area contributed by atoms with Crippen molar-refractivity contribution in [2.24, 2.45) is 0 Å². The van der Waals surface area contributed by atoms with Crippen molar-refractivity contribution in [1.29, 1.82) is 0 Å². The van der Waals surface area contributed by atoms with E-state index in [2.05, 4.69) is 22.0 Å². The van der Waals surface area contributed by atoms with Crippen LogP contribution in [0.1, 0.15) is 17.0 Å². The molecule has 0 amide bonds. The van der Waals surface area contributed by atoms with Gasteiger partial charge in [0.25, 0.3) is 0 Å². The van der Waals surface area contributed by atoms with Gasteiger partial charge < -0.3 is 5.11 Å². The number of alkyl halides is 1. The summed E-state index contributed by atoms with van der Waals surface area (Å²) in [6, 6.07) is 15.3. The maximum absolute atomic E-state index is 9.49. The van der Waals surface area contributed by atoms with Gasteiger partial charge in [0.2, 0.25) is 0 Å². The zero-order valence-corrected chi connectivity index (χ0v) is 12.2. The van der Waals surface area contributed by atoms with E-state index in [0.29, 0.717) is 11.7 Å². The maximum atomic E-state index is 9.49. The van der Waals surface area contributed by atoms with Gasteiger partial charge in [-0.25, -0.2) is 0 Å². The van der Waals surface area contributed by atoms with Crippen LogP contribution in [-0.4, -0.2) is 10.4 Å². The molecule has 3 heteroatoms. The van der Waals surface area contributed by atoms with E-state index in [-0.39, 0.29) is 0 Å². The van der Waals surface area contributed by atoms with Crippen molar-refractivity contribution in [2.45, 2.75) is 12.3 Å². The summed E-state index contributed by atoms with van der Waals surface area (Å²) in [6.07, 6.45) is 0.851. The Labute approximate surface area is 121 Å². The fourth-order valence-electron chi connectivity index (χ4n) is 2.02. The number of phenols is 1. The minimum absolute atomic E-state index is 0.306. The van der Waals surface area contributed by atoms with Crippen molar-refractivity contribution in [3.05, 3.63) is 64.7 Å². The van der Waals surface area contributed by atoms with E-state index in [1.807, 2.05) is 30.3 Å². The number of phenolic OH excluding ortho intramolecular Hbond substituents is 1. The fourth-order valence-corrected chi connectivity index (χ4v) is 2.89. The average Bonchev–Trinajstić information content (AvgIpc) is 2.37. The Bertz CT molecular complexity index is 527. The zero-order chi connectivity index (χ0) is 13.0. The largest absolute Gasteiger partial charge is 0.508 e. The molecule has 0 aromatic heterocycles. The van der Waals surface area contributed by atoms with E-state index in [0.717, 1.165) is 27.9 Å². The molecule has 0 aliphatic heterocycles. The molecule has 0 aliphatic carbocycles. The molecule has 0 saturated carbocycles. The van der Waals surface area contributed by atoms with Gasteiger partial charge in [-0.1, -0.05) is 57.9 Å². The second-order valence-electron chi connectivity index (χ2n) is 4.25. The Hall–Kier alpha value is -0.990. The molecule has 0 heterocycles. The molecule has 1 N–H and O–H groups in total. The van der Waals surface area contributed by atoms with Gasteiger partial charge in [-0.3, -0.25) is 0 Å². The molecule has 2 aromatic rings. The van der Waals surface area contributed by atoms with Crippen molar-refractivity contribution in [3.8, 4) is 5.75 Å². The van der Waals surface area contributed by atoms with E-state index in [9.17, 15) is 5.11 Å². The maximum Gasteiger partial charge on any atom is 0.115 e. The SMILES string of the molecule is Oc1cccc(CC(CBr)c2ccccc2Cl)c1. The van der Waals surface area contributed by atoms with Crippen LogP contribution >= 0.6 is 27.5 Å². The van der Waals surface area contributed by atoms with Crippen LogP contribution < -0.4 is 0 Å². The number of benzene rings is 2. The molecular weight excluding hydrogens is 312 g/mol. The van der Waals surface area contributed by atoms with Gasteiger partial charge >= 0.3 is 0 Å². The van der Waals surface area contributed by atoms with Crippen LogP contribution in [0, 0.1) is 0 Å². The Balaban J connectivity index is 2.23. The summed E-state index contributed by atoms with van der Waals surface area (Å²) in [6.45, 7) is 0. The second kappa shape index (κ2) is 6.26. The van der Waals surface area contributed by atoms with E-state index in [1.54, 1.807) is 12.1 Å². The van der Waals surface area contributed by atoms with Crippen molar-refractivity contribution in [2.75, 3.05) is 5.33 Å². The van der Waals surface area contributed by atoms with E-state index in [4.69, 9.17) is 11.6 Å². The van der Waals surface area contributed by atoms with E-state index >= 15 is 0 Å². The van der Waals surface area contributed by atoms with Gasteiger partial charge in [0, 0.05) is 10.4 Å². The minimum Gasteiger partial charge on any atom is -0.508 e. The normalized spacial score (nSPS) is 12.3. The molecule has 0 spiro atoms. The lowest BCUT2D eigenvalue weighted by Gasteiger charge is -2.16. The van der Waals surface area contributed by atoms with Crippen LogP contribution in [0.3, 0.4) is 0 Å². The Kier molecular flexibility index (Phi) is 4.67. The molecule has 1 nitrogen and oxygen atoms in total. The van der Waals surface area contributed by atoms with Crippen molar-refractivity contribution in [1.82, 2.24) is 0 Å². The number of hydrogen-bond donors (Lipinski definition) is 1. The number of halogens is 2. The Morgan fingerprint density at radius 2 is 1.89 bits per heavy atom. The molecule has 0 fully saturated rings. The lowest BCUT2D eigenvalue weighted by molar-refractivity contribution is 0.474. The molecule has 18 heavy (non-hydrogen) atoms. The van der Waals surface area contributed by atoms with Gasteiger partial charge in [0.05, 0.1) is 0 Å². The van der Waals surface area contributed by atoms with Gasteiger partial charge in [0.1, 0.15) is 5.75 Å². The summed E-state index contributed by atoms with van der Waals surface area (Å²) in [5, 5.41) is 11.1. The van der Waals surface area contributed by atoms with Crippen LogP contribution in [-0.2, 0) is 6.42 Å². The van der Waals surface area contributed by atoms with Gasteiger partial charge in [-0.15, -0.1) is 0 Å². The first-order valence-electron chi connectivity index (χ1n) is 5.79. The van der Waals surface area contributed by atoms with E-state index < -0.39 is 0 Å². The van der Waals surface area contributed by atoms with E-state index in [1.165, 1.54) is 0 Å². The molecule has 0 aliphatic rings. The summed E-state index contributed by atoms with van der Waals surface area (Å²) in [5.74, 6) is 0.612. The third-order valence-electron chi connectivity index (χ3n) is 2.92. The lowest BCUT2D eigenvalue weighted by Crippen LogP contribution is -2.05. The summed E-state index contributed by atoms with van der Waals surface area (Å²) < 4.78 is 0. The van der Waals surface area contributed by atoms with Crippen LogP contribution in [0.2, 0.25) is 5.02 Å².